The summed E-state index contributed by atoms with van der Waals surface area (Å²) in [5.41, 5.74) is 0. The van der Waals surface area contributed by atoms with Gasteiger partial charge in [-0.25, -0.2) is 0 Å². The highest BCUT2D eigenvalue weighted by Crippen LogP contribution is 2.23. The van der Waals surface area contributed by atoms with Crippen LogP contribution in [0.15, 0.2) is 36.5 Å². The van der Waals surface area contributed by atoms with E-state index in [1.165, 1.54) is 199 Å². The van der Waals surface area contributed by atoms with Gasteiger partial charge in [-0.05, 0) is 51.4 Å². The van der Waals surface area contributed by atoms with Gasteiger partial charge in [0.05, 0.1) is 32.0 Å². The fraction of sp³-hybridized carbons (Fsp3) is 0.877. The van der Waals surface area contributed by atoms with Crippen molar-refractivity contribution in [2.45, 2.75) is 346 Å². The van der Waals surface area contributed by atoms with Crippen LogP contribution in [0, 0.1) is 0 Å². The fourth-order valence-electron chi connectivity index (χ4n) is 10.1. The van der Waals surface area contributed by atoms with E-state index in [1.54, 1.807) is 6.08 Å². The first-order valence-corrected chi connectivity index (χ1v) is 32.3. The topological polar surface area (TPSA) is 175 Å². The molecule has 0 radical (unpaired) electrons. The second-order valence-electron chi connectivity index (χ2n) is 22.5. The van der Waals surface area contributed by atoms with E-state index in [0.717, 1.165) is 77.0 Å². The molecule has 1 rings (SSSR count). The van der Waals surface area contributed by atoms with Crippen LogP contribution in [-0.4, -0.2) is 100 Å². The molecule has 1 aliphatic heterocycles. The number of amides is 1. The highest BCUT2D eigenvalue weighted by molar-refractivity contribution is 5.76. The summed E-state index contributed by atoms with van der Waals surface area (Å²) >= 11 is 0. The monoisotopic (exact) mass is 1080 g/mol. The van der Waals surface area contributed by atoms with Crippen molar-refractivity contribution < 1.29 is 49.3 Å². The molecule has 0 aromatic carbocycles. The van der Waals surface area contributed by atoms with Gasteiger partial charge in [0.15, 0.2) is 6.29 Å². The summed E-state index contributed by atoms with van der Waals surface area (Å²) in [5, 5.41) is 54.3. The summed E-state index contributed by atoms with van der Waals surface area (Å²) in [7, 11) is 0. The minimum Gasteiger partial charge on any atom is -0.466 e. The molecule has 0 bridgehead atoms. The molecule has 7 unspecified atom stereocenters. The van der Waals surface area contributed by atoms with Gasteiger partial charge < -0.3 is 45.1 Å². The van der Waals surface area contributed by atoms with Crippen LogP contribution in [0.2, 0.25) is 0 Å². The Bertz CT molecular complexity index is 1360. The van der Waals surface area contributed by atoms with Crippen molar-refractivity contribution in [3.8, 4) is 0 Å². The number of rotatable bonds is 56. The molecule has 0 aliphatic carbocycles. The predicted molar refractivity (Wildman–Crippen MR) is 315 cm³/mol. The normalized spacial score (nSPS) is 18.9. The van der Waals surface area contributed by atoms with E-state index in [9.17, 15) is 35.1 Å². The van der Waals surface area contributed by atoms with Crippen molar-refractivity contribution in [2.24, 2.45) is 0 Å². The van der Waals surface area contributed by atoms with E-state index in [4.69, 9.17) is 14.2 Å². The number of hydrogen-bond donors (Lipinski definition) is 6. The van der Waals surface area contributed by atoms with Crippen molar-refractivity contribution in [3.05, 3.63) is 36.5 Å². The van der Waals surface area contributed by atoms with Gasteiger partial charge >= 0.3 is 5.97 Å². The Morgan fingerprint density at radius 3 is 1.28 bits per heavy atom. The van der Waals surface area contributed by atoms with E-state index >= 15 is 0 Å². The Morgan fingerprint density at radius 1 is 0.474 bits per heavy atom. The molecule has 0 aromatic heterocycles. The second-order valence-corrected chi connectivity index (χ2v) is 22.5. The molecule has 1 saturated heterocycles. The Morgan fingerprint density at radius 2 is 0.855 bits per heavy atom. The molecule has 7 atom stereocenters. The van der Waals surface area contributed by atoms with Crippen LogP contribution in [0.3, 0.4) is 0 Å². The van der Waals surface area contributed by atoms with Crippen molar-refractivity contribution in [1.29, 1.82) is 0 Å². The minimum atomic E-state index is -1.58. The Hall–Kier alpha value is -2.12. The number of hydrogen-bond acceptors (Lipinski definition) is 10. The molecule has 0 aromatic rings. The van der Waals surface area contributed by atoms with Crippen LogP contribution in [0.4, 0.5) is 0 Å². The standard InChI is InChI=1S/C65H121NO10/c1-3-5-7-9-11-13-31-35-39-43-47-51-58(68)57(56-75-65-64(73)63(72)62(71)59(55-67)76-65)66-60(69)52-48-44-40-36-33-29-27-25-23-21-19-17-15-16-18-20-22-24-26-28-30-34-38-42-46-50-54-74-61(70)53-49-45-41-37-32-14-12-10-8-6-4-2/h7,9,31,35,47,51,57-59,62-65,67-68,71-73H,3-6,8,10-30,32-34,36-46,48-50,52-56H2,1-2H3,(H,66,69)/b9-7+,35-31+,51-47+. The number of allylic oxidation sites excluding steroid dienone is 5. The fourth-order valence-corrected chi connectivity index (χ4v) is 10.1. The zero-order valence-electron chi connectivity index (χ0n) is 49.2. The van der Waals surface area contributed by atoms with Crippen molar-refractivity contribution in [1.82, 2.24) is 5.32 Å². The zero-order valence-corrected chi connectivity index (χ0v) is 49.2. The Kier molecular flexibility index (Phi) is 51.9. The highest BCUT2D eigenvalue weighted by Gasteiger charge is 2.44. The number of esters is 1. The first-order chi connectivity index (χ1) is 37.2. The molecular weight excluding hydrogens is 955 g/mol. The maximum absolute atomic E-state index is 13.0. The van der Waals surface area contributed by atoms with Crippen molar-refractivity contribution in [3.63, 3.8) is 0 Å². The smallest absolute Gasteiger partial charge is 0.305 e. The summed E-state index contributed by atoms with van der Waals surface area (Å²) in [6.07, 6.45) is 58.4. The van der Waals surface area contributed by atoms with Gasteiger partial charge in [-0.15, -0.1) is 0 Å². The lowest BCUT2D eigenvalue weighted by Crippen LogP contribution is -2.60. The van der Waals surface area contributed by atoms with Gasteiger partial charge in [0.1, 0.15) is 24.4 Å². The van der Waals surface area contributed by atoms with E-state index in [0.29, 0.717) is 19.4 Å². The minimum absolute atomic E-state index is 0.00631. The third-order valence-corrected chi connectivity index (χ3v) is 15.2. The number of unbranched alkanes of at least 4 members (excludes halogenated alkanes) is 38. The van der Waals surface area contributed by atoms with Crippen LogP contribution in [-0.2, 0) is 23.8 Å². The molecule has 11 heteroatoms. The summed E-state index contributed by atoms with van der Waals surface area (Å²) in [6, 6.07) is -0.832. The third-order valence-electron chi connectivity index (χ3n) is 15.2. The molecule has 1 amide bonds. The van der Waals surface area contributed by atoms with Crippen LogP contribution in [0.5, 0.6) is 0 Å². The molecule has 1 aliphatic rings. The van der Waals surface area contributed by atoms with Gasteiger partial charge in [0.2, 0.25) is 5.91 Å². The lowest BCUT2D eigenvalue weighted by Gasteiger charge is -2.40. The largest absolute Gasteiger partial charge is 0.466 e. The number of aliphatic hydroxyl groups is 5. The lowest BCUT2D eigenvalue weighted by atomic mass is 9.99. The molecule has 11 nitrogen and oxygen atoms in total. The molecule has 0 saturated carbocycles. The third kappa shape index (κ3) is 43.7. The van der Waals surface area contributed by atoms with Crippen LogP contribution < -0.4 is 5.32 Å². The van der Waals surface area contributed by atoms with Crippen LogP contribution in [0.25, 0.3) is 0 Å². The summed E-state index contributed by atoms with van der Waals surface area (Å²) < 4.78 is 16.7. The van der Waals surface area contributed by atoms with Gasteiger partial charge in [-0.3, -0.25) is 9.59 Å². The summed E-state index contributed by atoms with van der Waals surface area (Å²) in [6.45, 7) is 4.26. The molecule has 1 heterocycles. The average molecular weight is 1080 g/mol. The van der Waals surface area contributed by atoms with Crippen LogP contribution in [0.1, 0.15) is 303 Å². The number of carbonyl (C=O) groups excluding carboxylic acids is 2. The summed E-state index contributed by atoms with van der Waals surface area (Å²) in [5.74, 6) is -0.189. The van der Waals surface area contributed by atoms with Gasteiger partial charge in [0, 0.05) is 12.8 Å². The van der Waals surface area contributed by atoms with E-state index in [-0.39, 0.29) is 18.5 Å². The second kappa shape index (κ2) is 54.8. The SMILES string of the molecule is CCC/C=C/CC/C=C/CC/C=C/C(O)C(COC1OC(CO)C(O)C(O)C1O)NC(=O)CCCCCCCCCCCCCCCCCCCCCCCCCCCCOC(=O)CCCCCCCCCCCCC. The highest BCUT2D eigenvalue weighted by atomic mass is 16.7. The average Bonchev–Trinajstić information content (AvgIpc) is 3.42. The lowest BCUT2D eigenvalue weighted by molar-refractivity contribution is -0.302. The van der Waals surface area contributed by atoms with E-state index < -0.39 is 49.5 Å². The molecule has 6 N–H and O–H groups in total. The van der Waals surface area contributed by atoms with Crippen LogP contribution >= 0.6 is 0 Å². The van der Waals surface area contributed by atoms with Crippen molar-refractivity contribution in [2.75, 3.05) is 19.8 Å². The summed E-state index contributed by atoms with van der Waals surface area (Å²) in [4.78, 5) is 25.0. The first kappa shape index (κ1) is 71.9. The first-order valence-electron chi connectivity index (χ1n) is 32.3. The molecular formula is C65H121NO10. The maximum Gasteiger partial charge on any atom is 0.305 e. The molecule has 1 fully saturated rings. The molecule has 76 heavy (non-hydrogen) atoms. The maximum atomic E-state index is 13.0. The quantitative estimate of drug-likeness (QED) is 0.0195. The van der Waals surface area contributed by atoms with Crippen molar-refractivity contribution >= 4 is 11.9 Å². The molecule has 0 spiro atoms. The number of nitrogens with one attached hydrogen (secondary N) is 1. The number of ether oxygens (including phenoxy) is 3. The Balaban J connectivity index is 1.99. The van der Waals surface area contributed by atoms with E-state index in [2.05, 4.69) is 43.5 Å². The molecule has 446 valence electrons. The van der Waals surface area contributed by atoms with Gasteiger partial charge in [-0.2, -0.15) is 0 Å². The predicted octanol–water partition coefficient (Wildman–Crippen LogP) is 15.5. The van der Waals surface area contributed by atoms with Gasteiger partial charge in [-0.1, -0.05) is 275 Å². The van der Waals surface area contributed by atoms with E-state index in [1.807, 2.05) is 6.08 Å². The number of carbonyl (C=O) groups is 2. The number of aliphatic hydroxyl groups excluding tert-OH is 5. The Labute approximate surface area is 466 Å². The van der Waals surface area contributed by atoms with Gasteiger partial charge in [0.25, 0.3) is 0 Å². The zero-order chi connectivity index (χ0) is 55.2.